The van der Waals surface area contributed by atoms with Crippen molar-refractivity contribution >= 4 is 0 Å². The molecule has 0 bridgehead atoms. The molecule has 1 nitrogen and oxygen atoms in total. The van der Waals surface area contributed by atoms with Crippen molar-refractivity contribution < 1.29 is 5.11 Å². The first-order valence-electron chi connectivity index (χ1n) is 7.23. The Balaban J connectivity index is 2.19. The summed E-state index contributed by atoms with van der Waals surface area (Å²) in [6.07, 6.45) is -0.466. The van der Waals surface area contributed by atoms with E-state index in [0.29, 0.717) is 0 Å². The van der Waals surface area contributed by atoms with Crippen LogP contribution in [-0.4, -0.2) is 5.11 Å². The zero-order chi connectivity index (χ0) is 14.8. The highest BCUT2D eigenvalue weighted by Crippen LogP contribution is 2.31. The highest BCUT2D eigenvalue weighted by atomic mass is 16.3. The molecule has 106 valence electrons. The van der Waals surface area contributed by atoms with E-state index in [9.17, 15) is 5.11 Å². The minimum atomic E-state index is -0.466. The van der Waals surface area contributed by atoms with E-state index >= 15 is 0 Å². The number of aliphatic hydroxyl groups is 1. The van der Waals surface area contributed by atoms with Crippen LogP contribution in [0.15, 0.2) is 54.6 Å². The Kier molecular flexibility index (Phi) is 4.29. The average Bonchev–Trinajstić information content (AvgIpc) is 2.46. The fraction of sp³-hybridized carbons (Fsp3) is 0.368. The Morgan fingerprint density at radius 2 is 1.35 bits per heavy atom. The molecule has 2 unspecified atom stereocenters. The second-order valence-electron chi connectivity index (χ2n) is 6.52. The molecule has 0 aliphatic heterocycles. The van der Waals surface area contributed by atoms with Gasteiger partial charge in [-0.15, -0.1) is 0 Å². The van der Waals surface area contributed by atoms with Gasteiger partial charge < -0.3 is 5.11 Å². The molecule has 1 heteroatoms. The molecule has 0 fully saturated rings. The fourth-order valence-corrected chi connectivity index (χ4v) is 2.41. The van der Waals surface area contributed by atoms with Crippen LogP contribution in [-0.2, 0) is 5.41 Å². The van der Waals surface area contributed by atoms with Crippen molar-refractivity contribution in [3.8, 4) is 0 Å². The summed E-state index contributed by atoms with van der Waals surface area (Å²) in [7, 11) is 0. The molecule has 0 amide bonds. The van der Waals surface area contributed by atoms with Crippen molar-refractivity contribution in [2.24, 2.45) is 0 Å². The van der Waals surface area contributed by atoms with E-state index in [-0.39, 0.29) is 11.3 Å². The van der Waals surface area contributed by atoms with Gasteiger partial charge in [0.2, 0.25) is 0 Å². The molecule has 0 aliphatic carbocycles. The van der Waals surface area contributed by atoms with Gasteiger partial charge >= 0.3 is 0 Å². The third kappa shape index (κ3) is 3.29. The predicted molar refractivity (Wildman–Crippen MR) is 85.0 cm³/mol. The van der Waals surface area contributed by atoms with Crippen molar-refractivity contribution in [2.75, 3.05) is 0 Å². The lowest BCUT2D eigenvalue weighted by Gasteiger charge is -2.22. The van der Waals surface area contributed by atoms with Crippen molar-refractivity contribution in [1.82, 2.24) is 0 Å². The number of aliphatic hydroxyl groups excluding tert-OH is 1. The summed E-state index contributed by atoms with van der Waals surface area (Å²) < 4.78 is 0. The largest absolute Gasteiger partial charge is 0.388 e. The average molecular weight is 268 g/mol. The Bertz CT molecular complexity index is 534. The smallest absolute Gasteiger partial charge is 0.0855 e. The molecule has 2 aromatic carbocycles. The summed E-state index contributed by atoms with van der Waals surface area (Å²) in [5.74, 6) is 0.0942. The number of hydrogen-bond acceptors (Lipinski definition) is 1. The molecule has 0 spiro atoms. The van der Waals surface area contributed by atoms with E-state index in [1.807, 2.05) is 30.3 Å². The molecule has 0 radical (unpaired) electrons. The van der Waals surface area contributed by atoms with E-state index < -0.39 is 6.10 Å². The van der Waals surface area contributed by atoms with Crippen LogP contribution in [0.2, 0.25) is 0 Å². The molecule has 20 heavy (non-hydrogen) atoms. The molecule has 1 N–H and O–H groups in total. The second kappa shape index (κ2) is 5.80. The van der Waals surface area contributed by atoms with E-state index in [4.69, 9.17) is 0 Å². The molecule has 2 rings (SSSR count). The van der Waals surface area contributed by atoms with Crippen LogP contribution in [0.1, 0.15) is 56.4 Å². The first-order valence-corrected chi connectivity index (χ1v) is 7.23. The second-order valence-corrected chi connectivity index (χ2v) is 6.52. The van der Waals surface area contributed by atoms with Gasteiger partial charge in [0.25, 0.3) is 0 Å². The number of benzene rings is 2. The third-order valence-corrected chi connectivity index (χ3v) is 3.92. The van der Waals surface area contributed by atoms with Crippen LogP contribution in [0.5, 0.6) is 0 Å². The maximum atomic E-state index is 10.5. The Labute approximate surface area is 122 Å². The van der Waals surface area contributed by atoms with Crippen molar-refractivity contribution in [3.63, 3.8) is 0 Å². The standard InChI is InChI=1S/C19H24O/c1-14(15-8-6-5-7-9-15)18(20)16-10-12-17(13-11-16)19(2,3)4/h5-14,18,20H,1-4H3. The van der Waals surface area contributed by atoms with E-state index in [0.717, 1.165) is 5.56 Å². The van der Waals surface area contributed by atoms with Gasteiger partial charge in [-0.3, -0.25) is 0 Å². The monoisotopic (exact) mass is 268 g/mol. The van der Waals surface area contributed by atoms with Gasteiger partial charge in [0.1, 0.15) is 0 Å². The summed E-state index contributed by atoms with van der Waals surface area (Å²) in [6, 6.07) is 18.5. The summed E-state index contributed by atoms with van der Waals surface area (Å²) in [6.45, 7) is 8.67. The fourth-order valence-electron chi connectivity index (χ4n) is 2.41. The summed E-state index contributed by atoms with van der Waals surface area (Å²) in [4.78, 5) is 0. The van der Waals surface area contributed by atoms with Gasteiger partial charge in [-0.05, 0) is 22.1 Å². The molecule has 0 saturated heterocycles. The van der Waals surface area contributed by atoms with Gasteiger partial charge in [0.15, 0.2) is 0 Å². The lowest BCUT2D eigenvalue weighted by molar-refractivity contribution is 0.151. The minimum Gasteiger partial charge on any atom is -0.388 e. The number of rotatable bonds is 3. The topological polar surface area (TPSA) is 20.2 Å². The predicted octanol–water partition coefficient (Wildman–Crippen LogP) is 4.82. The Hall–Kier alpha value is -1.60. The van der Waals surface area contributed by atoms with E-state index in [1.165, 1.54) is 11.1 Å². The Morgan fingerprint density at radius 1 is 0.800 bits per heavy atom. The molecule has 2 aromatic rings. The highest BCUT2D eigenvalue weighted by Gasteiger charge is 2.19. The van der Waals surface area contributed by atoms with Crippen molar-refractivity contribution in [2.45, 2.75) is 45.1 Å². The molecule has 0 saturated carbocycles. The van der Waals surface area contributed by atoms with Gasteiger partial charge in [0.05, 0.1) is 6.10 Å². The first kappa shape index (κ1) is 14.8. The van der Waals surface area contributed by atoms with Crippen molar-refractivity contribution in [1.29, 1.82) is 0 Å². The summed E-state index contributed by atoms with van der Waals surface area (Å²) in [5, 5.41) is 10.5. The lowest BCUT2D eigenvalue weighted by atomic mass is 9.85. The third-order valence-electron chi connectivity index (χ3n) is 3.92. The molecule has 0 aliphatic rings. The minimum absolute atomic E-state index is 0.0942. The van der Waals surface area contributed by atoms with Crippen LogP contribution in [0.3, 0.4) is 0 Å². The molecule has 0 heterocycles. The molecular weight excluding hydrogens is 244 g/mol. The van der Waals surface area contributed by atoms with Gasteiger partial charge in [-0.25, -0.2) is 0 Å². The normalized spacial score (nSPS) is 14.8. The van der Waals surface area contributed by atoms with Crippen LogP contribution in [0.25, 0.3) is 0 Å². The lowest BCUT2D eigenvalue weighted by Crippen LogP contribution is -2.12. The van der Waals surface area contributed by atoms with Crippen molar-refractivity contribution in [3.05, 3.63) is 71.3 Å². The van der Waals surface area contributed by atoms with Crippen LogP contribution >= 0.6 is 0 Å². The summed E-state index contributed by atoms with van der Waals surface area (Å²) in [5.41, 5.74) is 3.59. The molecular formula is C19H24O. The zero-order valence-corrected chi connectivity index (χ0v) is 12.8. The summed E-state index contributed by atoms with van der Waals surface area (Å²) >= 11 is 0. The Morgan fingerprint density at radius 3 is 1.85 bits per heavy atom. The van der Waals surface area contributed by atoms with E-state index in [2.05, 4.69) is 52.0 Å². The van der Waals surface area contributed by atoms with Crippen LogP contribution in [0, 0.1) is 0 Å². The maximum absolute atomic E-state index is 10.5. The van der Waals surface area contributed by atoms with Gasteiger partial charge in [0, 0.05) is 5.92 Å². The first-order chi connectivity index (χ1) is 9.39. The molecule has 2 atom stereocenters. The molecule has 0 aromatic heterocycles. The van der Waals surface area contributed by atoms with E-state index in [1.54, 1.807) is 0 Å². The zero-order valence-electron chi connectivity index (χ0n) is 12.8. The quantitative estimate of drug-likeness (QED) is 0.846. The van der Waals surface area contributed by atoms with Gasteiger partial charge in [-0.1, -0.05) is 82.3 Å². The maximum Gasteiger partial charge on any atom is 0.0855 e. The number of hydrogen-bond donors (Lipinski definition) is 1. The SMILES string of the molecule is CC(c1ccccc1)C(O)c1ccc(C(C)(C)C)cc1. The highest BCUT2D eigenvalue weighted by molar-refractivity contribution is 5.31. The van der Waals surface area contributed by atoms with Crippen LogP contribution < -0.4 is 0 Å². The van der Waals surface area contributed by atoms with Crippen LogP contribution in [0.4, 0.5) is 0 Å². The van der Waals surface area contributed by atoms with Gasteiger partial charge in [-0.2, -0.15) is 0 Å².